The second-order valence-electron chi connectivity index (χ2n) is 5.72. The van der Waals surface area contributed by atoms with Crippen LogP contribution in [0.25, 0.3) is 0 Å². The van der Waals surface area contributed by atoms with Gasteiger partial charge in [-0.3, -0.25) is 9.59 Å². The van der Waals surface area contributed by atoms with E-state index in [0.29, 0.717) is 11.1 Å². The largest absolute Gasteiger partial charge is 0.421 e. The molecule has 2 aliphatic rings. The molecule has 1 aliphatic heterocycles. The maximum atomic E-state index is 12.3. The average molecular weight is 286 g/mol. The minimum absolute atomic E-state index is 0.211. The van der Waals surface area contributed by atoms with Gasteiger partial charge in [0.25, 0.3) is 6.29 Å². The summed E-state index contributed by atoms with van der Waals surface area (Å²) in [6.45, 7) is 5.17. The van der Waals surface area contributed by atoms with Gasteiger partial charge in [0.15, 0.2) is 5.78 Å². The average Bonchev–Trinajstić information content (AvgIpc) is 2.70. The van der Waals surface area contributed by atoms with Crippen molar-refractivity contribution in [3.63, 3.8) is 0 Å². The molecule has 1 heterocycles. The number of carbonyl (C=O) groups is 3. The Morgan fingerprint density at radius 3 is 2.67 bits per heavy atom. The minimum atomic E-state index is -1.15. The van der Waals surface area contributed by atoms with E-state index in [9.17, 15) is 14.4 Å². The topological polar surface area (TPSA) is 69.7 Å². The van der Waals surface area contributed by atoms with Crippen LogP contribution in [0.5, 0.6) is 0 Å². The van der Waals surface area contributed by atoms with Crippen LogP contribution in [0.4, 0.5) is 0 Å². The SMILES string of the molecule is CC(=O)OC1OC(=O)c2ccc3c(c21)C(=O)C=CC3(C)C. The van der Waals surface area contributed by atoms with E-state index in [0.717, 1.165) is 5.56 Å². The summed E-state index contributed by atoms with van der Waals surface area (Å²) >= 11 is 0. The van der Waals surface area contributed by atoms with Crippen molar-refractivity contribution in [3.05, 3.63) is 46.5 Å². The zero-order valence-electron chi connectivity index (χ0n) is 11.9. The molecule has 1 atom stereocenters. The molecule has 1 aliphatic carbocycles. The minimum Gasteiger partial charge on any atom is -0.421 e. The molecule has 21 heavy (non-hydrogen) atoms. The predicted molar refractivity (Wildman–Crippen MR) is 72.9 cm³/mol. The summed E-state index contributed by atoms with van der Waals surface area (Å²) in [5.41, 5.74) is 1.49. The monoisotopic (exact) mass is 286 g/mol. The van der Waals surface area contributed by atoms with E-state index in [-0.39, 0.29) is 16.8 Å². The molecule has 1 aromatic rings. The van der Waals surface area contributed by atoms with Gasteiger partial charge in [-0.1, -0.05) is 26.0 Å². The molecule has 1 unspecified atom stereocenters. The smallest absolute Gasteiger partial charge is 0.342 e. The number of hydrogen-bond acceptors (Lipinski definition) is 5. The summed E-state index contributed by atoms with van der Waals surface area (Å²) in [5, 5.41) is 0. The molecule has 3 rings (SSSR count). The fourth-order valence-corrected chi connectivity index (χ4v) is 2.76. The number of fused-ring (bicyclic) bond motifs is 3. The van der Waals surface area contributed by atoms with Crippen LogP contribution in [0.1, 0.15) is 58.9 Å². The van der Waals surface area contributed by atoms with Crippen LogP contribution in [-0.2, 0) is 19.7 Å². The van der Waals surface area contributed by atoms with E-state index in [2.05, 4.69) is 0 Å². The van der Waals surface area contributed by atoms with Gasteiger partial charge < -0.3 is 9.47 Å². The van der Waals surface area contributed by atoms with Crippen molar-refractivity contribution in [2.45, 2.75) is 32.5 Å². The normalized spacial score (nSPS) is 21.6. The molecule has 1 aromatic carbocycles. The van der Waals surface area contributed by atoms with Crippen molar-refractivity contribution in [3.8, 4) is 0 Å². The number of cyclic esters (lactones) is 1. The van der Waals surface area contributed by atoms with E-state index in [1.165, 1.54) is 13.0 Å². The first kappa shape index (κ1) is 13.5. The molecular weight excluding hydrogens is 272 g/mol. The van der Waals surface area contributed by atoms with Crippen molar-refractivity contribution in [1.82, 2.24) is 0 Å². The van der Waals surface area contributed by atoms with Gasteiger partial charge in [0.05, 0.1) is 11.1 Å². The van der Waals surface area contributed by atoms with Gasteiger partial charge >= 0.3 is 11.9 Å². The second-order valence-corrected chi connectivity index (χ2v) is 5.72. The van der Waals surface area contributed by atoms with Crippen LogP contribution >= 0.6 is 0 Å². The van der Waals surface area contributed by atoms with E-state index in [1.54, 1.807) is 12.1 Å². The maximum absolute atomic E-state index is 12.3. The molecule has 0 bridgehead atoms. The van der Waals surface area contributed by atoms with Gasteiger partial charge in [0, 0.05) is 17.9 Å². The summed E-state index contributed by atoms with van der Waals surface area (Å²) in [5.74, 6) is -1.37. The van der Waals surface area contributed by atoms with Crippen molar-refractivity contribution in [1.29, 1.82) is 0 Å². The number of rotatable bonds is 1. The first-order valence-electron chi connectivity index (χ1n) is 6.60. The Bertz CT molecular complexity index is 710. The van der Waals surface area contributed by atoms with E-state index >= 15 is 0 Å². The first-order valence-corrected chi connectivity index (χ1v) is 6.60. The lowest BCUT2D eigenvalue weighted by molar-refractivity contribution is -0.164. The quantitative estimate of drug-likeness (QED) is 0.742. The zero-order valence-corrected chi connectivity index (χ0v) is 11.9. The fraction of sp³-hybridized carbons (Fsp3) is 0.312. The lowest BCUT2D eigenvalue weighted by Gasteiger charge is -2.28. The number of ketones is 1. The van der Waals surface area contributed by atoms with Crippen LogP contribution in [0.15, 0.2) is 24.3 Å². The van der Waals surface area contributed by atoms with Crippen LogP contribution in [-0.4, -0.2) is 17.7 Å². The standard InChI is InChI=1S/C16H14O5/c1-8(17)20-15-12-9(14(19)21-15)4-5-10-13(12)11(18)6-7-16(10,2)3/h4-7,15H,1-3H3. The molecule has 0 saturated heterocycles. The van der Waals surface area contributed by atoms with Crippen molar-refractivity contribution >= 4 is 17.7 Å². The third-order valence-electron chi connectivity index (χ3n) is 3.78. The molecule has 0 amide bonds. The Labute approximate surface area is 121 Å². The molecule has 5 nitrogen and oxygen atoms in total. The predicted octanol–water partition coefficient (Wildman–Crippen LogP) is 2.45. The Balaban J connectivity index is 2.25. The molecule has 0 radical (unpaired) electrons. The van der Waals surface area contributed by atoms with Crippen molar-refractivity contribution in [2.24, 2.45) is 0 Å². The summed E-state index contributed by atoms with van der Waals surface area (Å²) < 4.78 is 10.1. The number of ether oxygens (including phenoxy) is 2. The molecule has 0 saturated carbocycles. The molecule has 5 heteroatoms. The van der Waals surface area contributed by atoms with Gasteiger partial charge in [-0.15, -0.1) is 0 Å². The fourth-order valence-electron chi connectivity index (χ4n) is 2.76. The molecular formula is C16H14O5. The van der Waals surface area contributed by atoms with Gasteiger partial charge in [-0.25, -0.2) is 4.79 Å². The maximum Gasteiger partial charge on any atom is 0.342 e. The van der Waals surface area contributed by atoms with Gasteiger partial charge in [0.1, 0.15) is 0 Å². The van der Waals surface area contributed by atoms with Gasteiger partial charge in [-0.2, -0.15) is 0 Å². The number of allylic oxidation sites excluding steroid dienone is 2. The Morgan fingerprint density at radius 1 is 1.29 bits per heavy atom. The van der Waals surface area contributed by atoms with E-state index < -0.39 is 18.2 Å². The number of benzene rings is 1. The molecule has 108 valence electrons. The third-order valence-corrected chi connectivity index (χ3v) is 3.78. The first-order chi connectivity index (χ1) is 9.81. The highest BCUT2D eigenvalue weighted by atomic mass is 16.7. The lowest BCUT2D eigenvalue weighted by Crippen LogP contribution is -2.25. The van der Waals surface area contributed by atoms with Gasteiger partial charge in [0.2, 0.25) is 0 Å². The van der Waals surface area contributed by atoms with Crippen LogP contribution < -0.4 is 0 Å². The Kier molecular flexibility index (Phi) is 2.76. The number of hydrogen-bond donors (Lipinski definition) is 0. The van der Waals surface area contributed by atoms with Crippen molar-refractivity contribution in [2.75, 3.05) is 0 Å². The molecule has 0 N–H and O–H groups in total. The molecule has 0 spiro atoms. The van der Waals surface area contributed by atoms with Crippen LogP contribution in [0.2, 0.25) is 0 Å². The van der Waals surface area contributed by atoms with Crippen LogP contribution in [0, 0.1) is 0 Å². The molecule has 0 aromatic heterocycles. The van der Waals surface area contributed by atoms with Gasteiger partial charge in [-0.05, 0) is 17.7 Å². The highest BCUT2D eigenvalue weighted by Crippen LogP contribution is 2.41. The lowest BCUT2D eigenvalue weighted by atomic mass is 9.74. The molecule has 0 fully saturated rings. The van der Waals surface area contributed by atoms with E-state index in [4.69, 9.17) is 9.47 Å². The van der Waals surface area contributed by atoms with Crippen LogP contribution in [0.3, 0.4) is 0 Å². The summed E-state index contributed by atoms with van der Waals surface area (Å²) in [4.78, 5) is 35.3. The zero-order chi connectivity index (χ0) is 15.4. The third kappa shape index (κ3) is 1.96. The highest BCUT2D eigenvalue weighted by molar-refractivity contribution is 6.11. The Morgan fingerprint density at radius 2 is 2.00 bits per heavy atom. The number of carbonyl (C=O) groups excluding carboxylic acids is 3. The number of esters is 2. The van der Waals surface area contributed by atoms with E-state index in [1.807, 2.05) is 19.9 Å². The summed E-state index contributed by atoms with van der Waals surface area (Å²) in [6.07, 6.45) is 2.16. The summed E-state index contributed by atoms with van der Waals surface area (Å²) in [7, 11) is 0. The highest BCUT2D eigenvalue weighted by Gasteiger charge is 2.41. The van der Waals surface area contributed by atoms with Crippen molar-refractivity contribution < 1.29 is 23.9 Å². The second kappa shape index (κ2) is 4.28. The Hall–Kier alpha value is -2.43. The summed E-state index contributed by atoms with van der Waals surface area (Å²) in [6, 6.07) is 3.38.